The number of primary amides is 1. The lowest BCUT2D eigenvalue weighted by atomic mass is 10.0. The number of amides is 2. The number of aromatic nitrogens is 1. The molecule has 284 valence electrons. The van der Waals surface area contributed by atoms with E-state index in [9.17, 15) is 29.1 Å². The van der Waals surface area contributed by atoms with E-state index in [4.69, 9.17) is 15.2 Å². The Morgan fingerprint density at radius 3 is 2.14 bits per heavy atom. The number of anilines is 1. The van der Waals surface area contributed by atoms with E-state index in [1.165, 1.54) is 13.3 Å². The summed E-state index contributed by atoms with van der Waals surface area (Å²) in [5.74, 6) is -3.67. The standard InChI is InChI=1S/C29H35F2N3O7.C5H11NO2.C2H6/c1-29(2,3)41-23(36)10-9-22(35)32-13-21(31)16-6-5-11-33(14-16)25-20(30)12-18-24(27(25)40-4)34(17-7-8-17)15-19(26(18)37)28(38)39;1-5(2,3)8-4(6)7;1-2/h12,15,17H,5-11,13-14H2,1-4H3,(H,32,35)(H,38,39);1-3H3,(H2,6,7);1-2H3/b21-16+;;. The van der Waals surface area contributed by atoms with Gasteiger partial charge in [-0.15, -0.1) is 0 Å². The molecule has 0 bridgehead atoms. The molecule has 4 rings (SSSR count). The van der Waals surface area contributed by atoms with Gasteiger partial charge in [0.1, 0.15) is 28.3 Å². The molecule has 51 heavy (non-hydrogen) atoms. The number of carbonyl (C=O) groups excluding carboxylic acids is 3. The Kier molecular flexibility index (Phi) is 15.0. The summed E-state index contributed by atoms with van der Waals surface area (Å²) in [4.78, 5) is 60.3. The minimum Gasteiger partial charge on any atom is -0.492 e. The maximum Gasteiger partial charge on any atom is 0.405 e. The van der Waals surface area contributed by atoms with Crippen molar-refractivity contribution in [1.82, 2.24) is 9.88 Å². The molecule has 13 nitrogen and oxygen atoms in total. The number of nitrogens with two attached hydrogens (primary N) is 1. The van der Waals surface area contributed by atoms with Crippen LogP contribution < -0.4 is 26.1 Å². The zero-order valence-electron chi connectivity index (χ0n) is 31.0. The van der Waals surface area contributed by atoms with E-state index < -0.39 is 57.8 Å². The number of esters is 1. The summed E-state index contributed by atoms with van der Waals surface area (Å²) in [5, 5.41) is 11.9. The highest BCUT2D eigenvalue weighted by atomic mass is 19.1. The number of nitrogens with one attached hydrogen (secondary N) is 1. The number of hydrogen-bond acceptors (Lipinski definition) is 9. The molecule has 1 aliphatic carbocycles. The molecule has 2 fully saturated rings. The number of rotatable bonds is 9. The molecular weight excluding hydrogens is 670 g/mol. The number of nitrogens with zero attached hydrogens (tertiary/aromatic N) is 2. The number of aromatic carboxylic acids is 1. The van der Waals surface area contributed by atoms with E-state index >= 15 is 8.78 Å². The van der Waals surface area contributed by atoms with Gasteiger partial charge in [-0.05, 0) is 78.9 Å². The topological polar surface area (TPSA) is 179 Å². The van der Waals surface area contributed by atoms with Crippen LogP contribution in [0.25, 0.3) is 10.9 Å². The third-order valence-corrected chi connectivity index (χ3v) is 7.38. The Hall–Kier alpha value is -4.69. The molecule has 0 spiro atoms. The van der Waals surface area contributed by atoms with Crippen molar-refractivity contribution < 1.29 is 47.3 Å². The van der Waals surface area contributed by atoms with Crippen LogP contribution in [0.4, 0.5) is 19.3 Å². The number of fused-ring (bicyclic) bond motifs is 1. The van der Waals surface area contributed by atoms with Crippen molar-refractivity contribution in [3.63, 3.8) is 0 Å². The second-order valence-corrected chi connectivity index (χ2v) is 13.9. The summed E-state index contributed by atoms with van der Waals surface area (Å²) < 4.78 is 47.8. The monoisotopic (exact) mass is 722 g/mol. The average molecular weight is 723 g/mol. The van der Waals surface area contributed by atoms with Gasteiger partial charge in [-0.25, -0.2) is 18.4 Å². The minimum absolute atomic E-state index is 0.0271. The average Bonchev–Trinajstić information content (AvgIpc) is 3.87. The number of carboxylic acids is 1. The van der Waals surface area contributed by atoms with Crippen LogP contribution in [-0.2, 0) is 19.1 Å². The molecule has 15 heteroatoms. The molecule has 2 amide bonds. The van der Waals surface area contributed by atoms with Crippen molar-refractivity contribution in [3.8, 4) is 5.75 Å². The van der Waals surface area contributed by atoms with Crippen LogP contribution in [0.15, 0.2) is 28.5 Å². The zero-order valence-corrected chi connectivity index (χ0v) is 31.0. The van der Waals surface area contributed by atoms with E-state index in [0.29, 0.717) is 30.5 Å². The van der Waals surface area contributed by atoms with Crippen LogP contribution in [0.2, 0.25) is 0 Å². The van der Waals surface area contributed by atoms with Gasteiger partial charge in [-0.1, -0.05) is 13.8 Å². The maximum absolute atomic E-state index is 15.6. The smallest absolute Gasteiger partial charge is 0.405 e. The Bertz CT molecular complexity index is 1690. The molecule has 1 saturated carbocycles. The van der Waals surface area contributed by atoms with Crippen LogP contribution in [0.3, 0.4) is 0 Å². The SMILES string of the molecule is CC.CC(C)(C)OC(N)=O.COc1c(N2CCC/C(=C(\F)CNC(=O)CCC(=O)OC(C)(C)C)C2)c(F)cc2c(=O)c(C(=O)O)cn(C3CC3)c12. The van der Waals surface area contributed by atoms with E-state index in [1.807, 2.05) is 13.8 Å². The van der Waals surface area contributed by atoms with Crippen LogP contribution in [0, 0.1) is 5.82 Å². The van der Waals surface area contributed by atoms with Crippen molar-refractivity contribution in [1.29, 1.82) is 0 Å². The quantitative estimate of drug-likeness (QED) is 0.254. The Labute approximate surface area is 297 Å². The maximum atomic E-state index is 15.6. The number of piperidine rings is 1. The lowest BCUT2D eigenvalue weighted by Crippen LogP contribution is -2.34. The molecule has 1 aromatic carbocycles. The van der Waals surface area contributed by atoms with Crippen molar-refractivity contribution in [2.45, 2.75) is 111 Å². The fourth-order valence-electron chi connectivity index (χ4n) is 5.31. The molecule has 2 aliphatic rings. The van der Waals surface area contributed by atoms with Crippen molar-refractivity contribution in [2.75, 3.05) is 31.6 Å². The first-order chi connectivity index (χ1) is 23.7. The second-order valence-electron chi connectivity index (χ2n) is 13.9. The van der Waals surface area contributed by atoms with E-state index in [-0.39, 0.29) is 48.8 Å². The van der Waals surface area contributed by atoms with E-state index in [0.717, 1.165) is 18.9 Å². The lowest BCUT2D eigenvalue weighted by molar-refractivity contribution is -0.155. The van der Waals surface area contributed by atoms with Crippen LogP contribution in [0.1, 0.15) is 110 Å². The van der Waals surface area contributed by atoms with Crippen molar-refractivity contribution in [2.24, 2.45) is 5.73 Å². The van der Waals surface area contributed by atoms with Gasteiger partial charge in [0, 0.05) is 31.7 Å². The van der Waals surface area contributed by atoms with Gasteiger partial charge in [0.2, 0.25) is 11.3 Å². The Morgan fingerprint density at radius 1 is 1.04 bits per heavy atom. The predicted molar refractivity (Wildman–Crippen MR) is 189 cm³/mol. The molecule has 0 unspecified atom stereocenters. The van der Waals surface area contributed by atoms with Crippen LogP contribution in [0.5, 0.6) is 5.75 Å². The lowest BCUT2D eigenvalue weighted by Gasteiger charge is -2.33. The molecule has 2 aromatic rings. The summed E-state index contributed by atoms with van der Waals surface area (Å²) in [6.07, 6.45) is 2.74. The molecular formula is C36H52F2N4O9. The molecule has 0 radical (unpaired) electrons. The second kappa shape index (κ2) is 18.0. The number of halogens is 2. The normalized spacial score (nSPS) is 15.4. The highest BCUT2D eigenvalue weighted by Crippen LogP contribution is 2.44. The molecule has 1 aliphatic heterocycles. The Balaban J connectivity index is 0.000000794. The number of hydrogen-bond donors (Lipinski definition) is 3. The number of benzene rings is 1. The van der Waals surface area contributed by atoms with Gasteiger partial charge >= 0.3 is 18.0 Å². The molecule has 1 saturated heterocycles. The van der Waals surface area contributed by atoms with Gasteiger partial charge in [0.15, 0.2) is 11.6 Å². The predicted octanol–water partition coefficient (Wildman–Crippen LogP) is 6.15. The minimum atomic E-state index is -1.40. The number of carboxylic acid groups (broad SMARTS) is 1. The summed E-state index contributed by atoms with van der Waals surface area (Å²) in [5.41, 5.74) is 3.09. The summed E-state index contributed by atoms with van der Waals surface area (Å²) >= 11 is 0. The third-order valence-electron chi connectivity index (χ3n) is 7.38. The van der Waals surface area contributed by atoms with Crippen molar-refractivity contribution >= 4 is 40.5 Å². The summed E-state index contributed by atoms with van der Waals surface area (Å²) in [7, 11) is 1.35. The van der Waals surface area contributed by atoms with Gasteiger partial charge in [0.05, 0.1) is 31.0 Å². The summed E-state index contributed by atoms with van der Waals surface area (Å²) in [6, 6.07) is 0.983. The number of pyridine rings is 1. The van der Waals surface area contributed by atoms with Gasteiger partial charge in [-0.2, -0.15) is 0 Å². The van der Waals surface area contributed by atoms with Crippen LogP contribution >= 0.6 is 0 Å². The first-order valence-corrected chi connectivity index (χ1v) is 17.0. The van der Waals surface area contributed by atoms with E-state index in [1.54, 1.807) is 51.0 Å². The first-order valence-electron chi connectivity index (χ1n) is 17.0. The highest BCUT2D eigenvalue weighted by molar-refractivity contribution is 5.97. The van der Waals surface area contributed by atoms with Gasteiger partial charge in [0.25, 0.3) is 0 Å². The number of ether oxygens (including phenoxy) is 3. The number of carbonyl (C=O) groups is 4. The molecule has 1 aromatic heterocycles. The first kappa shape index (κ1) is 42.5. The summed E-state index contributed by atoms with van der Waals surface area (Å²) in [6.45, 7) is 14.5. The van der Waals surface area contributed by atoms with Crippen molar-refractivity contribution in [3.05, 3.63) is 45.3 Å². The Morgan fingerprint density at radius 2 is 1.65 bits per heavy atom. The fourth-order valence-corrected chi connectivity index (χ4v) is 5.31. The van der Waals surface area contributed by atoms with Gasteiger partial charge < -0.3 is 39.8 Å². The number of methoxy groups -OCH3 is 1. The molecule has 4 N–H and O–H groups in total. The zero-order chi connectivity index (χ0) is 38.8. The fraction of sp³-hybridized carbons (Fsp3) is 0.583. The molecule has 0 atom stereocenters. The van der Waals surface area contributed by atoms with E-state index in [2.05, 4.69) is 10.1 Å². The van der Waals surface area contributed by atoms with Gasteiger partial charge in [-0.3, -0.25) is 14.4 Å². The van der Waals surface area contributed by atoms with Crippen LogP contribution in [-0.4, -0.2) is 71.6 Å². The highest BCUT2D eigenvalue weighted by Gasteiger charge is 2.32. The molecule has 2 heterocycles. The largest absolute Gasteiger partial charge is 0.492 e. The third kappa shape index (κ3) is 12.5.